The van der Waals surface area contributed by atoms with Gasteiger partial charge in [-0.3, -0.25) is 4.79 Å². The third-order valence-electron chi connectivity index (χ3n) is 3.11. The largest absolute Gasteiger partial charge is 0.323 e. The van der Waals surface area contributed by atoms with Crippen molar-refractivity contribution in [3.05, 3.63) is 69.7 Å². The van der Waals surface area contributed by atoms with E-state index in [9.17, 15) is 4.79 Å². The third-order valence-corrected chi connectivity index (χ3v) is 4.80. The molecule has 0 aliphatic heterocycles. The third kappa shape index (κ3) is 5.61. The van der Waals surface area contributed by atoms with Gasteiger partial charge in [-0.1, -0.05) is 71.8 Å². The summed E-state index contributed by atoms with van der Waals surface area (Å²) in [5, 5.41) is 3.71. The maximum absolute atomic E-state index is 12.0. The SMILES string of the molecule is Cc1ccc(Cl)c(NC(=O)CSC/C=C/c2ccccc2)c1Cl. The number of carbonyl (C=O) groups is 1. The smallest absolute Gasteiger partial charge is 0.234 e. The number of benzene rings is 2. The van der Waals surface area contributed by atoms with Gasteiger partial charge in [0.15, 0.2) is 0 Å². The fourth-order valence-electron chi connectivity index (χ4n) is 1.91. The molecule has 2 aromatic carbocycles. The highest BCUT2D eigenvalue weighted by Crippen LogP contribution is 2.32. The van der Waals surface area contributed by atoms with Crippen LogP contribution in [-0.2, 0) is 4.79 Å². The van der Waals surface area contributed by atoms with Gasteiger partial charge in [-0.2, -0.15) is 0 Å². The zero-order valence-electron chi connectivity index (χ0n) is 12.7. The van der Waals surface area contributed by atoms with E-state index >= 15 is 0 Å². The molecule has 5 heteroatoms. The molecule has 2 nitrogen and oxygen atoms in total. The van der Waals surface area contributed by atoms with Gasteiger partial charge < -0.3 is 5.32 Å². The Morgan fingerprint density at radius 1 is 1.17 bits per heavy atom. The Morgan fingerprint density at radius 2 is 1.91 bits per heavy atom. The number of thioether (sulfide) groups is 1. The molecule has 2 rings (SSSR count). The molecule has 0 aliphatic carbocycles. The van der Waals surface area contributed by atoms with E-state index in [0.717, 1.165) is 16.9 Å². The molecule has 0 radical (unpaired) electrons. The first-order chi connectivity index (χ1) is 11.1. The summed E-state index contributed by atoms with van der Waals surface area (Å²) in [6.07, 6.45) is 4.08. The van der Waals surface area contributed by atoms with E-state index < -0.39 is 0 Å². The number of aryl methyl sites for hydroxylation is 1. The van der Waals surface area contributed by atoms with Crippen LogP contribution in [0.15, 0.2) is 48.5 Å². The van der Waals surface area contributed by atoms with Crippen LogP contribution < -0.4 is 5.32 Å². The lowest BCUT2D eigenvalue weighted by molar-refractivity contribution is -0.113. The summed E-state index contributed by atoms with van der Waals surface area (Å²) in [6.45, 7) is 1.87. The van der Waals surface area contributed by atoms with Gasteiger partial charge in [0, 0.05) is 5.75 Å². The van der Waals surface area contributed by atoms with Crippen molar-refractivity contribution >= 4 is 52.6 Å². The lowest BCUT2D eigenvalue weighted by atomic mass is 10.2. The van der Waals surface area contributed by atoms with E-state index in [-0.39, 0.29) is 5.91 Å². The molecule has 0 spiro atoms. The van der Waals surface area contributed by atoms with E-state index in [4.69, 9.17) is 23.2 Å². The molecule has 0 unspecified atom stereocenters. The number of nitrogens with one attached hydrogen (secondary N) is 1. The van der Waals surface area contributed by atoms with E-state index in [1.807, 2.05) is 55.5 Å². The summed E-state index contributed by atoms with van der Waals surface area (Å²) < 4.78 is 0. The molecule has 0 atom stereocenters. The molecule has 23 heavy (non-hydrogen) atoms. The molecule has 0 aliphatic rings. The summed E-state index contributed by atoms with van der Waals surface area (Å²) >= 11 is 13.8. The summed E-state index contributed by atoms with van der Waals surface area (Å²) in [5.74, 6) is 0.995. The van der Waals surface area contributed by atoms with Crippen LogP contribution >= 0.6 is 35.0 Å². The van der Waals surface area contributed by atoms with E-state index in [1.165, 1.54) is 11.8 Å². The Balaban J connectivity index is 1.80. The van der Waals surface area contributed by atoms with Crippen LogP contribution in [0.3, 0.4) is 0 Å². The second-order valence-corrected chi connectivity index (χ2v) is 6.75. The molecular weight excluding hydrogens is 349 g/mol. The Kier molecular flexibility index (Phi) is 7.03. The minimum absolute atomic E-state index is 0.113. The summed E-state index contributed by atoms with van der Waals surface area (Å²) in [6, 6.07) is 13.6. The summed E-state index contributed by atoms with van der Waals surface area (Å²) in [4.78, 5) is 12.0. The highest BCUT2D eigenvalue weighted by atomic mass is 35.5. The highest BCUT2D eigenvalue weighted by Gasteiger charge is 2.11. The molecule has 0 aromatic heterocycles. The second kappa shape index (κ2) is 9.02. The van der Waals surface area contributed by atoms with Crippen molar-refractivity contribution in [2.45, 2.75) is 6.92 Å². The molecule has 0 bridgehead atoms. The fourth-order valence-corrected chi connectivity index (χ4v) is 2.99. The van der Waals surface area contributed by atoms with E-state index in [1.54, 1.807) is 6.07 Å². The van der Waals surface area contributed by atoms with Crippen molar-refractivity contribution in [1.29, 1.82) is 0 Å². The first-order valence-electron chi connectivity index (χ1n) is 7.11. The second-order valence-electron chi connectivity index (χ2n) is 4.93. The predicted molar refractivity (Wildman–Crippen MR) is 103 cm³/mol. The maximum Gasteiger partial charge on any atom is 0.234 e. The summed E-state index contributed by atoms with van der Waals surface area (Å²) in [5.41, 5.74) is 2.51. The predicted octanol–water partition coefficient (Wildman–Crippen LogP) is 5.69. The minimum atomic E-state index is -0.113. The van der Waals surface area contributed by atoms with E-state index in [0.29, 0.717) is 21.5 Å². The molecule has 0 saturated heterocycles. The average Bonchev–Trinajstić information content (AvgIpc) is 2.56. The minimum Gasteiger partial charge on any atom is -0.323 e. The van der Waals surface area contributed by atoms with Crippen molar-refractivity contribution in [1.82, 2.24) is 0 Å². The fraction of sp³-hybridized carbons (Fsp3) is 0.167. The first-order valence-corrected chi connectivity index (χ1v) is 9.03. The molecule has 1 amide bonds. The molecular formula is C18H17Cl2NOS. The average molecular weight is 366 g/mol. The van der Waals surface area contributed by atoms with Gasteiger partial charge in [-0.15, -0.1) is 11.8 Å². The van der Waals surface area contributed by atoms with Gasteiger partial charge in [-0.05, 0) is 24.1 Å². The molecule has 2 aromatic rings. The van der Waals surface area contributed by atoms with Gasteiger partial charge in [0.1, 0.15) is 0 Å². The lowest BCUT2D eigenvalue weighted by Crippen LogP contribution is -2.15. The molecule has 1 N–H and O–H groups in total. The zero-order valence-corrected chi connectivity index (χ0v) is 15.0. The van der Waals surface area contributed by atoms with Crippen molar-refractivity contribution in [3.8, 4) is 0 Å². The van der Waals surface area contributed by atoms with Crippen molar-refractivity contribution in [2.24, 2.45) is 0 Å². The monoisotopic (exact) mass is 365 g/mol. The van der Waals surface area contributed by atoms with Gasteiger partial charge in [0.2, 0.25) is 5.91 Å². The van der Waals surface area contributed by atoms with Crippen molar-refractivity contribution in [3.63, 3.8) is 0 Å². The van der Waals surface area contributed by atoms with Crippen LogP contribution in [0, 0.1) is 6.92 Å². The zero-order chi connectivity index (χ0) is 16.7. The van der Waals surface area contributed by atoms with E-state index in [2.05, 4.69) is 5.32 Å². The van der Waals surface area contributed by atoms with Gasteiger partial charge in [0.05, 0.1) is 21.5 Å². The standard InChI is InChI=1S/C18H17Cl2NOS/c1-13-9-10-15(19)18(17(13)20)21-16(22)12-23-11-5-8-14-6-3-2-4-7-14/h2-10H,11-12H2,1H3,(H,21,22)/b8-5+. The number of halogens is 2. The van der Waals surface area contributed by atoms with Crippen LogP contribution in [0.1, 0.15) is 11.1 Å². The van der Waals surface area contributed by atoms with Crippen LogP contribution in [0.5, 0.6) is 0 Å². The number of carbonyl (C=O) groups excluding carboxylic acids is 1. The van der Waals surface area contributed by atoms with Gasteiger partial charge in [0.25, 0.3) is 0 Å². The maximum atomic E-state index is 12.0. The topological polar surface area (TPSA) is 29.1 Å². The molecule has 0 heterocycles. The quantitative estimate of drug-likeness (QED) is 0.666. The number of anilines is 1. The van der Waals surface area contributed by atoms with Gasteiger partial charge in [-0.25, -0.2) is 0 Å². The van der Waals surface area contributed by atoms with Crippen LogP contribution in [-0.4, -0.2) is 17.4 Å². The highest BCUT2D eigenvalue weighted by molar-refractivity contribution is 8.00. The normalized spacial score (nSPS) is 10.9. The Labute approximate surface area is 150 Å². The van der Waals surface area contributed by atoms with Crippen molar-refractivity contribution < 1.29 is 4.79 Å². The Bertz CT molecular complexity index is 702. The number of amides is 1. The first kappa shape index (κ1) is 17.9. The molecule has 0 saturated carbocycles. The van der Waals surface area contributed by atoms with Crippen LogP contribution in [0.2, 0.25) is 10.0 Å². The van der Waals surface area contributed by atoms with Gasteiger partial charge >= 0.3 is 0 Å². The van der Waals surface area contributed by atoms with Crippen LogP contribution in [0.25, 0.3) is 6.08 Å². The number of hydrogen-bond donors (Lipinski definition) is 1. The lowest BCUT2D eigenvalue weighted by Gasteiger charge is -2.10. The number of rotatable bonds is 6. The number of hydrogen-bond acceptors (Lipinski definition) is 2. The Hall–Kier alpha value is -1.42. The summed E-state index contributed by atoms with van der Waals surface area (Å²) in [7, 11) is 0. The van der Waals surface area contributed by atoms with Crippen LogP contribution in [0.4, 0.5) is 5.69 Å². The van der Waals surface area contributed by atoms with Crippen molar-refractivity contribution in [2.75, 3.05) is 16.8 Å². The molecule has 120 valence electrons. The molecule has 0 fully saturated rings. The Morgan fingerprint density at radius 3 is 2.65 bits per heavy atom.